The average Bonchev–Trinajstić information content (AvgIpc) is 2.98. The predicted octanol–water partition coefficient (Wildman–Crippen LogP) is 0.355. The van der Waals surface area contributed by atoms with Gasteiger partial charge in [-0.1, -0.05) is 20.8 Å². The van der Waals surface area contributed by atoms with Crippen molar-refractivity contribution in [1.29, 1.82) is 0 Å². The molecule has 4 rings (SSSR count). The van der Waals surface area contributed by atoms with Crippen LogP contribution >= 0.6 is 0 Å². The van der Waals surface area contributed by atoms with Crippen molar-refractivity contribution in [2.45, 2.75) is 91.1 Å². The van der Waals surface area contributed by atoms with Gasteiger partial charge in [0.15, 0.2) is 0 Å². The third kappa shape index (κ3) is 4.11. The Kier molecular flexibility index (Phi) is 7.51. The maximum absolute atomic E-state index is 13.3. The Bertz CT molecular complexity index is 651. The number of aliphatic hydroxyl groups excluding tert-OH is 1. The van der Waals surface area contributed by atoms with Gasteiger partial charge in [0.2, 0.25) is 0 Å². The third-order valence-corrected chi connectivity index (χ3v) is 10.0. The molecule has 0 spiro atoms. The van der Waals surface area contributed by atoms with Gasteiger partial charge in [0.25, 0.3) is 0 Å². The van der Waals surface area contributed by atoms with Crippen molar-refractivity contribution >= 4 is 11.8 Å². The van der Waals surface area contributed by atoms with Crippen LogP contribution in [0.15, 0.2) is 0 Å². The molecule has 1 N–H and O–H groups in total. The minimum Gasteiger partial charge on any atom is -0.550 e. The number of ketones is 1. The van der Waals surface area contributed by atoms with Gasteiger partial charge >= 0.3 is 51.4 Å². The van der Waals surface area contributed by atoms with E-state index in [1.807, 2.05) is 0 Å². The summed E-state index contributed by atoms with van der Waals surface area (Å²) in [4.78, 5) is 24.3. The number of fused-ring (bicyclic) bond motifs is 5. The number of carbonyl (C=O) groups excluding carboxylic acids is 2. The van der Waals surface area contributed by atoms with Crippen LogP contribution in [-0.4, -0.2) is 23.0 Å². The van der Waals surface area contributed by atoms with Crippen molar-refractivity contribution in [2.75, 3.05) is 0 Å². The van der Waals surface area contributed by atoms with Crippen LogP contribution in [-0.2, 0) is 9.59 Å². The van der Waals surface area contributed by atoms with Gasteiger partial charge in [0, 0.05) is 18.3 Å². The van der Waals surface area contributed by atoms with Crippen molar-refractivity contribution in [3.63, 3.8) is 0 Å². The fraction of sp³-hybridized carbons (Fsp3) is 0.917. The molecule has 0 radical (unpaired) electrons. The molecule has 29 heavy (non-hydrogen) atoms. The molecule has 9 atom stereocenters. The fourth-order valence-electron chi connectivity index (χ4n) is 8.43. The Balaban J connectivity index is 0.00000240. The van der Waals surface area contributed by atoms with E-state index >= 15 is 0 Å². The van der Waals surface area contributed by atoms with Crippen molar-refractivity contribution in [2.24, 2.45) is 46.3 Å². The van der Waals surface area contributed by atoms with E-state index in [9.17, 15) is 19.8 Å². The molecule has 0 aliphatic heterocycles. The van der Waals surface area contributed by atoms with Gasteiger partial charge in [0.05, 0.1) is 6.10 Å². The van der Waals surface area contributed by atoms with E-state index in [4.69, 9.17) is 0 Å². The first-order chi connectivity index (χ1) is 13.2. The number of aliphatic carboxylic acids is 1. The van der Waals surface area contributed by atoms with E-state index in [0.29, 0.717) is 48.2 Å². The molecule has 4 saturated carbocycles. The summed E-state index contributed by atoms with van der Waals surface area (Å²) in [5.41, 5.74) is 0.372. The van der Waals surface area contributed by atoms with E-state index in [1.54, 1.807) is 0 Å². The summed E-state index contributed by atoms with van der Waals surface area (Å²) in [5, 5.41) is 21.1. The van der Waals surface area contributed by atoms with Crippen LogP contribution < -0.4 is 56.5 Å². The van der Waals surface area contributed by atoms with Crippen LogP contribution in [0, 0.1) is 46.3 Å². The Labute approximate surface area is 218 Å². The van der Waals surface area contributed by atoms with Gasteiger partial charge in [-0.05, 0) is 98.2 Å². The Morgan fingerprint density at radius 3 is 2.48 bits per heavy atom. The van der Waals surface area contributed by atoms with Gasteiger partial charge in [-0.2, -0.15) is 0 Å². The smallest absolute Gasteiger partial charge is 0.550 e. The summed E-state index contributed by atoms with van der Waals surface area (Å²) >= 11 is 0. The number of hydrogen-bond donors (Lipinski definition) is 1. The van der Waals surface area contributed by atoms with E-state index in [2.05, 4.69) is 20.8 Å². The van der Waals surface area contributed by atoms with Crippen molar-refractivity contribution in [3.05, 3.63) is 0 Å². The molecule has 0 aromatic carbocycles. The number of rotatable bonds is 4. The van der Waals surface area contributed by atoms with Crippen molar-refractivity contribution in [3.8, 4) is 0 Å². The molecular weight excluding hydrogens is 391 g/mol. The van der Waals surface area contributed by atoms with Gasteiger partial charge in [0.1, 0.15) is 5.78 Å². The maximum Gasteiger partial charge on any atom is 1.00 e. The number of carboxylic acids is 1. The monoisotopic (exact) mass is 428 g/mol. The number of carbonyl (C=O) groups is 2. The van der Waals surface area contributed by atoms with E-state index < -0.39 is 5.97 Å². The fourth-order valence-corrected chi connectivity index (χ4v) is 8.43. The van der Waals surface area contributed by atoms with Gasteiger partial charge in [-0.3, -0.25) is 4.79 Å². The molecule has 4 aliphatic carbocycles. The van der Waals surface area contributed by atoms with E-state index in [0.717, 1.165) is 44.9 Å². The maximum atomic E-state index is 13.3. The standard InChI is InChI=1S/C24H38O4.K/c1-14(4-7-21(27)28)17-5-6-18-22-19(9-11-24(17,18)3)23(2)10-8-16(25)12-15(23)13-20(22)26;/h14-19,22,25H,4-13H2,1-3H3,(H,27,28);/q;+1/p-1/t14-,15+,16-,17-,18+,19+,22+,23+,24-;/m1./s1. The minimum atomic E-state index is -0.948. The molecule has 0 aromatic rings. The van der Waals surface area contributed by atoms with Crippen molar-refractivity contribution in [1.82, 2.24) is 0 Å². The molecule has 0 heterocycles. The molecule has 0 bridgehead atoms. The second kappa shape index (κ2) is 8.94. The first-order valence-corrected chi connectivity index (χ1v) is 11.6. The minimum absolute atomic E-state index is 0. The second-order valence-corrected chi connectivity index (χ2v) is 11.2. The number of hydrogen-bond acceptors (Lipinski definition) is 4. The molecule has 0 unspecified atom stereocenters. The Morgan fingerprint density at radius 2 is 1.79 bits per heavy atom. The summed E-state index contributed by atoms with van der Waals surface area (Å²) in [7, 11) is 0. The van der Waals surface area contributed by atoms with Gasteiger partial charge < -0.3 is 15.0 Å². The first kappa shape index (κ1) is 24.4. The molecule has 4 nitrogen and oxygen atoms in total. The topological polar surface area (TPSA) is 77.4 Å². The Morgan fingerprint density at radius 1 is 1.14 bits per heavy atom. The third-order valence-electron chi connectivity index (χ3n) is 10.0. The quantitative estimate of drug-likeness (QED) is 0.656. The largest absolute Gasteiger partial charge is 1.00 e. The van der Waals surface area contributed by atoms with E-state index in [-0.39, 0.29) is 80.7 Å². The number of aliphatic hydroxyl groups is 1. The van der Waals surface area contributed by atoms with Crippen LogP contribution in [0.4, 0.5) is 0 Å². The molecule has 0 amide bonds. The van der Waals surface area contributed by atoms with Crippen LogP contribution in [0.5, 0.6) is 0 Å². The first-order valence-electron chi connectivity index (χ1n) is 11.6. The summed E-state index contributed by atoms with van der Waals surface area (Å²) in [5.74, 6) is 1.87. The van der Waals surface area contributed by atoms with Crippen LogP contribution in [0.3, 0.4) is 0 Å². The molecule has 0 saturated heterocycles. The number of carboxylic acid groups (broad SMARTS) is 1. The summed E-state index contributed by atoms with van der Waals surface area (Å²) in [6, 6.07) is 0. The van der Waals surface area contributed by atoms with Gasteiger partial charge in [-0.15, -0.1) is 0 Å². The average molecular weight is 429 g/mol. The normalized spacial score (nSPS) is 47.4. The second-order valence-electron chi connectivity index (χ2n) is 11.2. The zero-order chi connectivity index (χ0) is 20.3. The Hall–Kier alpha value is 0.736. The van der Waals surface area contributed by atoms with Crippen molar-refractivity contribution < 1.29 is 71.2 Å². The summed E-state index contributed by atoms with van der Waals surface area (Å²) in [6.07, 6.45) is 8.54. The molecule has 4 fully saturated rings. The molecule has 158 valence electrons. The predicted molar refractivity (Wildman–Crippen MR) is 105 cm³/mol. The zero-order valence-electron chi connectivity index (χ0n) is 18.8. The SMILES string of the molecule is C[C@H](CCC(=O)[O-])[C@H]1CC[C@H]2[C@@H]3C(=O)C[C@@H]4C[C@H](O)CC[C@]4(C)[C@H]3CC[C@]12C.[K+]. The zero-order valence-corrected chi connectivity index (χ0v) is 21.9. The summed E-state index contributed by atoms with van der Waals surface area (Å²) < 4.78 is 0. The summed E-state index contributed by atoms with van der Waals surface area (Å²) in [6.45, 7) is 7.01. The van der Waals surface area contributed by atoms with Crippen LogP contribution in [0.1, 0.15) is 85.0 Å². The molecule has 4 aliphatic rings. The molecule has 5 heteroatoms. The van der Waals surface area contributed by atoms with E-state index in [1.165, 1.54) is 0 Å². The van der Waals surface area contributed by atoms with Crippen LogP contribution in [0.25, 0.3) is 0 Å². The molecular formula is C24H37KO4. The van der Waals surface area contributed by atoms with Crippen LogP contribution in [0.2, 0.25) is 0 Å². The molecule has 0 aromatic heterocycles. The number of Topliss-reactive ketones (excluding diaryl/α,β-unsaturated/α-hetero) is 1. The van der Waals surface area contributed by atoms with Gasteiger partial charge in [-0.25, -0.2) is 0 Å².